The zero-order valence-corrected chi connectivity index (χ0v) is 18.2. The van der Waals surface area contributed by atoms with Crippen molar-refractivity contribution in [1.29, 1.82) is 0 Å². The van der Waals surface area contributed by atoms with Crippen LogP contribution in [0.15, 0.2) is 53.7 Å². The predicted molar refractivity (Wildman–Crippen MR) is 116 cm³/mol. The smallest absolute Gasteiger partial charge is 0.269 e. The minimum absolute atomic E-state index is 0.0452. The number of carbonyl (C=O) groups excluding carboxylic acids is 1. The Morgan fingerprint density at radius 3 is 2.42 bits per heavy atom. The molecule has 2 unspecified atom stereocenters. The number of thioether (sulfide) groups is 1. The molecule has 0 fully saturated rings. The molecule has 11 heteroatoms. The van der Waals surface area contributed by atoms with Crippen LogP contribution in [0.1, 0.15) is 31.3 Å². The molecular weight excluding hydrogens is 445 g/mol. The third-order valence-corrected chi connectivity index (χ3v) is 5.56. The maximum absolute atomic E-state index is 13.2. The lowest BCUT2D eigenvalue weighted by Crippen LogP contribution is -2.33. The summed E-state index contributed by atoms with van der Waals surface area (Å²) in [5.41, 5.74) is 1.45. The molecule has 2 aromatic carbocycles. The molecule has 0 aliphatic carbocycles. The number of nitro groups is 1. The summed E-state index contributed by atoms with van der Waals surface area (Å²) in [6.45, 7) is 3.31. The molecule has 8 nitrogen and oxygen atoms in total. The van der Waals surface area contributed by atoms with E-state index in [2.05, 4.69) is 15.5 Å². The van der Waals surface area contributed by atoms with E-state index in [4.69, 9.17) is 11.6 Å². The van der Waals surface area contributed by atoms with Crippen molar-refractivity contribution in [2.24, 2.45) is 0 Å². The lowest BCUT2D eigenvalue weighted by molar-refractivity contribution is -0.384. The summed E-state index contributed by atoms with van der Waals surface area (Å²) in [5, 5.41) is 22.0. The molecule has 0 saturated heterocycles. The van der Waals surface area contributed by atoms with Crippen molar-refractivity contribution in [3.8, 4) is 5.69 Å². The van der Waals surface area contributed by atoms with Gasteiger partial charge in [-0.25, -0.2) is 4.39 Å². The Hall–Kier alpha value is -2.98. The van der Waals surface area contributed by atoms with E-state index < -0.39 is 16.3 Å². The first kappa shape index (κ1) is 22.7. The molecule has 0 aliphatic rings. The summed E-state index contributed by atoms with van der Waals surface area (Å²) in [5.74, 6) is 0.280. The first-order chi connectivity index (χ1) is 14.8. The quantitative estimate of drug-likeness (QED) is 0.230. The number of nitro benzene ring substituents is 1. The maximum atomic E-state index is 13.2. The summed E-state index contributed by atoms with van der Waals surface area (Å²) in [6.07, 6.45) is 0. The summed E-state index contributed by atoms with van der Waals surface area (Å²) in [4.78, 5) is 22.5. The van der Waals surface area contributed by atoms with Crippen molar-refractivity contribution >= 4 is 35.0 Å². The fourth-order valence-electron chi connectivity index (χ4n) is 2.74. The van der Waals surface area contributed by atoms with Gasteiger partial charge in [-0.05, 0) is 43.7 Å². The summed E-state index contributed by atoms with van der Waals surface area (Å²) in [7, 11) is 0. The molecule has 0 aliphatic heterocycles. The van der Waals surface area contributed by atoms with Crippen molar-refractivity contribution in [1.82, 2.24) is 20.1 Å². The number of hydrogen-bond acceptors (Lipinski definition) is 6. The highest BCUT2D eigenvalue weighted by Crippen LogP contribution is 2.28. The fourth-order valence-corrected chi connectivity index (χ4v) is 3.72. The number of benzene rings is 2. The minimum Gasteiger partial charge on any atom is -0.345 e. The van der Waals surface area contributed by atoms with Crippen molar-refractivity contribution in [2.45, 2.75) is 36.2 Å². The minimum atomic E-state index is -0.717. The normalized spacial score (nSPS) is 12.9. The van der Waals surface area contributed by atoms with Crippen molar-refractivity contribution in [3.05, 3.63) is 75.9 Å². The highest BCUT2D eigenvalue weighted by molar-refractivity contribution is 7.98. The second kappa shape index (κ2) is 9.88. The van der Waals surface area contributed by atoms with E-state index in [1.807, 2.05) is 0 Å². The van der Waals surface area contributed by atoms with Crippen LogP contribution >= 0.6 is 23.4 Å². The van der Waals surface area contributed by atoms with E-state index in [0.717, 1.165) is 5.56 Å². The molecule has 0 saturated carbocycles. The number of alkyl halides is 1. The van der Waals surface area contributed by atoms with Crippen molar-refractivity contribution in [3.63, 3.8) is 0 Å². The molecule has 162 valence electrons. The topological polar surface area (TPSA) is 103 Å². The summed E-state index contributed by atoms with van der Waals surface area (Å²) in [6, 6.07) is 11.6. The maximum Gasteiger partial charge on any atom is 0.269 e. The number of aromatic nitrogens is 3. The van der Waals surface area contributed by atoms with Gasteiger partial charge in [0.25, 0.3) is 5.69 Å². The third-order valence-electron chi connectivity index (χ3n) is 4.37. The highest BCUT2D eigenvalue weighted by atomic mass is 35.5. The van der Waals surface area contributed by atoms with Gasteiger partial charge in [0.2, 0.25) is 5.91 Å². The number of nitrogens with one attached hydrogen (secondary N) is 1. The average molecular weight is 464 g/mol. The molecule has 3 rings (SSSR count). The van der Waals surface area contributed by atoms with Crippen LogP contribution in [0.4, 0.5) is 10.1 Å². The Morgan fingerprint density at radius 1 is 1.19 bits per heavy atom. The van der Waals surface area contributed by atoms with Gasteiger partial charge in [-0.2, -0.15) is 0 Å². The van der Waals surface area contributed by atoms with E-state index >= 15 is 0 Å². The third kappa shape index (κ3) is 5.59. The summed E-state index contributed by atoms with van der Waals surface area (Å²) >= 11 is 7.22. The van der Waals surface area contributed by atoms with Gasteiger partial charge >= 0.3 is 0 Å². The van der Waals surface area contributed by atoms with Crippen LogP contribution in [-0.4, -0.2) is 31.0 Å². The Bertz CT molecular complexity index is 1070. The zero-order chi connectivity index (χ0) is 22.5. The molecule has 0 radical (unpaired) electrons. The van der Waals surface area contributed by atoms with Crippen LogP contribution in [0.5, 0.6) is 0 Å². The number of non-ortho nitro benzene ring substituents is 1. The number of halogens is 2. The number of rotatable bonds is 8. The van der Waals surface area contributed by atoms with E-state index in [1.165, 1.54) is 36.0 Å². The summed E-state index contributed by atoms with van der Waals surface area (Å²) < 4.78 is 14.9. The lowest BCUT2D eigenvalue weighted by atomic mass is 10.2. The van der Waals surface area contributed by atoms with Crippen LogP contribution in [0.2, 0.25) is 0 Å². The van der Waals surface area contributed by atoms with E-state index in [-0.39, 0.29) is 17.4 Å². The van der Waals surface area contributed by atoms with Crippen LogP contribution in [0.25, 0.3) is 5.69 Å². The number of hydrogen-bond donors (Lipinski definition) is 1. The number of amides is 1. The largest absolute Gasteiger partial charge is 0.345 e. The zero-order valence-electron chi connectivity index (χ0n) is 16.7. The van der Waals surface area contributed by atoms with Crippen LogP contribution in [0, 0.1) is 15.9 Å². The molecule has 31 heavy (non-hydrogen) atoms. The molecular formula is C20H19ClFN5O3S. The standard InChI is InChI=1S/C20H19ClFN5O3S/c1-12(21)19(28)23-13(2)18-24-25-20(31-11-14-3-5-15(22)6-4-14)26(18)16-7-9-17(10-8-16)27(29)30/h3-10,12-13H,11H2,1-2H3,(H,23,28). The van der Waals surface area contributed by atoms with Crippen molar-refractivity contribution in [2.75, 3.05) is 0 Å². The second-order valence-corrected chi connectivity index (χ2v) is 8.31. The number of carbonyl (C=O) groups is 1. The van der Waals surface area contributed by atoms with Gasteiger partial charge < -0.3 is 5.32 Å². The van der Waals surface area contributed by atoms with E-state index in [1.54, 1.807) is 42.7 Å². The predicted octanol–water partition coefficient (Wildman–Crippen LogP) is 4.41. The monoisotopic (exact) mass is 463 g/mol. The first-order valence-electron chi connectivity index (χ1n) is 9.28. The second-order valence-electron chi connectivity index (χ2n) is 6.71. The Labute approximate surface area is 187 Å². The molecule has 1 heterocycles. The number of nitrogens with zero attached hydrogens (tertiary/aromatic N) is 4. The SMILES string of the molecule is CC(Cl)C(=O)NC(C)c1nnc(SCc2ccc(F)cc2)n1-c1ccc([N+](=O)[O-])cc1. The van der Waals surface area contributed by atoms with Gasteiger partial charge in [0.15, 0.2) is 11.0 Å². The molecule has 0 spiro atoms. The van der Waals surface area contributed by atoms with Gasteiger partial charge in [0.05, 0.1) is 11.0 Å². The lowest BCUT2D eigenvalue weighted by Gasteiger charge is -2.17. The molecule has 0 bridgehead atoms. The molecule has 2 atom stereocenters. The highest BCUT2D eigenvalue weighted by Gasteiger charge is 2.23. The molecule has 1 amide bonds. The Kier molecular flexibility index (Phi) is 7.24. The van der Waals surface area contributed by atoms with Gasteiger partial charge in [0.1, 0.15) is 11.2 Å². The Morgan fingerprint density at radius 2 is 1.84 bits per heavy atom. The van der Waals surface area contributed by atoms with Crippen LogP contribution in [0.3, 0.4) is 0 Å². The Balaban J connectivity index is 1.94. The molecule has 1 aromatic heterocycles. The first-order valence-corrected chi connectivity index (χ1v) is 10.7. The van der Waals surface area contributed by atoms with Gasteiger partial charge in [-0.15, -0.1) is 21.8 Å². The molecule has 1 N–H and O–H groups in total. The van der Waals surface area contributed by atoms with Crippen LogP contribution in [-0.2, 0) is 10.5 Å². The van der Waals surface area contributed by atoms with E-state index in [0.29, 0.717) is 22.4 Å². The van der Waals surface area contributed by atoms with E-state index in [9.17, 15) is 19.3 Å². The van der Waals surface area contributed by atoms with Crippen molar-refractivity contribution < 1.29 is 14.1 Å². The molecule has 3 aromatic rings. The van der Waals surface area contributed by atoms with Gasteiger partial charge in [-0.1, -0.05) is 23.9 Å². The fraction of sp³-hybridized carbons (Fsp3) is 0.250. The van der Waals surface area contributed by atoms with Gasteiger partial charge in [-0.3, -0.25) is 19.5 Å². The van der Waals surface area contributed by atoms with Gasteiger partial charge in [0, 0.05) is 23.6 Å². The average Bonchev–Trinajstić information content (AvgIpc) is 3.17. The van der Waals surface area contributed by atoms with Crippen LogP contribution < -0.4 is 5.32 Å².